The van der Waals surface area contributed by atoms with Gasteiger partial charge in [0, 0.05) is 6.92 Å². The molecule has 100 valence electrons. The summed E-state index contributed by atoms with van der Waals surface area (Å²) in [5, 5.41) is 2.11. The van der Waals surface area contributed by atoms with E-state index in [-0.39, 0.29) is 0 Å². The van der Waals surface area contributed by atoms with Crippen molar-refractivity contribution in [1.82, 2.24) is 5.32 Å². The molecule has 1 atom stereocenters. The van der Waals surface area contributed by atoms with E-state index in [0.717, 1.165) is 6.92 Å². The van der Waals surface area contributed by atoms with Crippen LogP contribution in [-0.4, -0.2) is 42.2 Å². The standard InChI is InChI=1S/C9H17NO6S/c1-6(11)10-7(5-17(13,14)15)8(12)16-9(2,3)4/h7H,5H2,1-4H3,(H,10,11)(H,13,14,15)/t7-/m1/s1. The van der Waals surface area contributed by atoms with Crippen LogP contribution < -0.4 is 5.32 Å². The Morgan fingerprint density at radius 2 is 1.82 bits per heavy atom. The number of hydrogen-bond donors (Lipinski definition) is 2. The van der Waals surface area contributed by atoms with Crippen molar-refractivity contribution in [3.05, 3.63) is 0 Å². The summed E-state index contributed by atoms with van der Waals surface area (Å²) in [4.78, 5) is 22.4. The molecule has 0 spiro atoms. The van der Waals surface area contributed by atoms with Crippen molar-refractivity contribution in [3.63, 3.8) is 0 Å². The van der Waals surface area contributed by atoms with E-state index >= 15 is 0 Å². The summed E-state index contributed by atoms with van der Waals surface area (Å²) in [7, 11) is -4.39. The van der Waals surface area contributed by atoms with Gasteiger partial charge in [-0.1, -0.05) is 0 Å². The van der Waals surface area contributed by atoms with Gasteiger partial charge in [0.05, 0.1) is 0 Å². The van der Waals surface area contributed by atoms with Crippen LogP contribution in [0.15, 0.2) is 0 Å². The van der Waals surface area contributed by atoms with Crippen molar-refractivity contribution in [2.75, 3.05) is 5.75 Å². The Morgan fingerprint density at radius 1 is 1.35 bits per heavy atom. The number of nitrogens with one attached hydrogen (secondary N) is 1. The SMILES string of the molecule is CC(=O)N[C@H](CS(=O)(=O)O)C(=O)OC(C)(C)C. The van der Waals surface area contributed by atoms with Crippen LogP contribution in [0.2, 0.25) is 0 Å². The molecule has 2 N–H and O–H groups in total. The summed E-state index contributed by atoms with van der Waals surface area (Å²) in [5.74, 6) is -2.42. The van der Waals surface area contributed by atoms with E-state index in [2.05, 4.69) is 5.32 Å². The molecule has 7 nitrogen and oxygen atoms in total. The molecular formula is C9H17NO6S. The summed E-state index contributed by atoms with van der Waals surface area (Å²) in [6.07, 6.45) is 0. The Kier molecular flexibility index (Phi) is 5.09. The zero-order chi connectivity index (χ0) is 13.9. The minimum atomic E-state index is -4.39. The lowest BCUT2D eigenvalue weighted by Crippen LogP contribution is -2.47. The maximum atomic E-state index is 11.6. The van der Waals surface area contributed by atoms with E-state index in [1.807, 2.05) is 0 Å². The molecule has 0 radical (unpaired) electrons. The van der Waals surface area contributed by atoms with Gasteiger partial charge in [0.2, 0.25) is 5.91 Å². The molecule has 0 unspecified atom stereocenters. The normalized spacial score (nSPS) is 13.9. The van der Waals surface area contributed by atoms with E-state index < -0.39 is 39.4 Å². The second-order valence-corrected chi connectivity index (χ2v) is 6.03. The summed E-state index contributed by atoms with van der Waals surface area (Å²) in [6, 6.07) is -1.42. The Hall–Kier alpha value is -1.15. The second-order valence-electron chi connectivity index (χ2n) is 4.54. The van der Waals surface area contributed by atoms with Crippen molar-refractivity contribution in [2.45, 2.75) is 39.3 Å². The van der Waals surface area contributed by atoms with Crippen LogP contribution in [0.4, 0.5) is 0 Å². The maximum Gasteiger partial charge on any atom is 0.330 e. The number of ether oxygens (including phenoxy) is 1. The van der Waals surface area contributed by atoms with Gasteiger partial charge in [0.1, 0.15) is 17.4 Å². The van der Waals surface area contributed by atoms with E-state index in [9.17, 15) is 18.0 Å². The number of carbonyl (C=O) groups is 2. The lowest BCUT2D eigenvalue weighted by atomic mass is 10.2. The molecule has 0 aromatic heterocycles. The van der Waals surface area contributed by atoms with E-state index in [0.29, 0.717) is 0 Å². The highest BCUT2D eigenvalue weighted by atomic mass is 32.2. The van der Waals surface area contributed by atoms with Crippen LogP contribution in [0.5, 0.6) is 0 Å². The molecule has 0 fully saturated rings. The number of esters is 1. The zero-order valence-corrected chi connectivity index (χ0v) is 11.0. The van der Waals surface area contributed by atoms with Crippen LogP contribution in [0, 0.1) is 0 Å². The molecule has 0 aliphatic rings. The molecule has 0 saturated heterocycles. The first kappa shape index (κ1) is 15.9. The highest BCUT2D eigenvalue weighted by molar-refractivity contribution is 7.85. The topological polar surface area (TPSA) is 110 Å². The fourth-order valence-corrected chi connectivity index (χ4v) is 1.64. The molecule has 0 aliphatic carbocycles. The number of rotatable bonds is 4. The molecule has 8 heteroatoms. The van der Waals surface area contributed by atoms with Gasteiger partial charge in [-0.05, 0) is 20.8 Å². The quantitative estimate of drug-likeness (QED) is 0.535. The third-order valence-electron chi connectivity index (χ3n) is 1.45. The molecule has 0 aromatic rings. The molecule has 0 aliphatic heterocycles. The molecule has 0 heterocycles. The summed E-state index contributed by atoms with van der Waals surface area (Å²) in [5.41, 5.74) is -0.812. The highest BCUT2D eigenvalue weighted by Crippen LogP contribution is 2.09. The first-order valence-corrected chi connectivity index (χ1v) is 6.47. The van der Waals surface area contributed by atoms with E-state index in [1.165, 1.54) is 0 Å². The van der Waals surface area contributed by atoms with Crippen molar-refractivity contribution in [1.29, 1.82) is 0 Å². The third kappa shape index (κ3) is 8.64. The fraction of sp³-hybridized carbons (Fsp3) is 0.778. The molecule has 17 heavy (non-hydrogen) atoms. The Bertz CT molecular complexity index is 394. The Labute approximate surface area is 100 Å². The Morgan fingerprint density at radius 3 is 2.12 bits per heavy atom. The maximum absolute atomic E-state index is 11.6. The van der Waals surface area contributed by atoms with E-state index in [4.69, 9.17) is 9.29 Å². The third-order valence-corrected chi connectivity index (χ3v) is 2.20. The van der Waals surface area contributed by atoms with Gasteiger partial charge in [0.25, 0.3) is 10.1 Å². The van der Waals surface area contributed by atoms with Crippen molar-refractivity contribution < 1.29 is 27.3 Å². The minimum Gasteiger partial charge on any atom is -0.458 e. The predicted octanol–water partition coefficient (Wildman–Crippen LogP) is -0.279. The molecule has 0 aromatic carbocycles. The average molecular weight is 267 g/mol. The zero-order valence-electron chi connectivity index (χ0n) is 10.2. The monoisotopic (exact) mass is 267 g/mol. The summed E-state index contributed by atoms with van der Waals surface area (Å²) < 4.78 is 35.0. The van der Waals surface area contributed by atoms with Gasteiger partial charge in [-0.2, -0.15) is 8.42 Å². The van der Waals surface area contributed by atoms with Gasteiger partial charge >= 0.3 is 5.97 Å². The molecule has 1 amide bonds. The summed E-state index contributed by atoms with van der Waals surface area (Å²) in [6.45, 7) is 5.93. The lowest BCUT2D eigenvalue weighted by Gasteiger charge is -2.23. The van der Waals surface area contributed by atoms with Gasteiger partial charge in [-0.15, -0.1) is 0 Å². The predicted molar refractivity (Wildman–Crippen MR) is 59.9 cm³/mol. The molecule has 0 bridgehead atoms. The highest BCUT2D eigenvalue weighted by Gasteiger charge is 2.29. The van der Waals surface area contributed by atoms with Crippen molar-refractivity contribution >= 4 is 22.0 Å². The van der Waals surface area contributed by atoms with Crippen LogP contribution in [-0.2, 0) is 24.4 Å². The lowest BCUT2D eigenvalue weighted by molar-refractivity contribution is -0.157. The van der Waals surface area contributed by atoms with Gasteiger partial charge in [0.15, 0.2) is 0 Å². The second kappa shape index (κ2) is 5.46. The van der Waals surface area contributed by atoms with Gasteiger partial charge < -0.3 is 10.1 Å². The molecular weight excluding hydrogens is 250 g/mol. The van der Waals surface area contributed by atoms with Gasteiger partial charge in [-0.3, -0.25) is 9.35 Å². The van der Waals surface area contributed by atoms with Crippen LogP contribution in [0.3, 0.4) is 0 Å². The van der Waals surface area contributed by atoms with Crippen LogP contribution in [0.1, 0.15) is 27.7 Å². The van der Waals surface area contributed by atoms with Gasteiger partial charge in [-0.25, -0.2) is 4.79 Å². The van der Waals surface area contributed by atoms with Crippen molar-refractivity contribution in [3.8, 4) is 0 Å². The molecule has 0 saturated carbocycles. The molecule has 0 rings (SSSR count). The first-order valence-electron chi connectivity index (χ1n) is 4.86. The van der Waals surface area contributed by atoms with Crippen molar-refractivity contribution in [2.24, 2.45) is 0 Å². The number of hydrogen-bond acceptors (Lipinski definition) is 5. The average Bonchev–Trinajstić information content (AvgIpc) is 1.95. The largest absolute Gasteiger partial charge is 0.458 e. The number of amides is 1. The minimum absolute atomic E-state index is 0.593. The Balaban J connectivity index is 4.80. The van der Waals surface area contributed by atoms with Crippen LogP contribution >= 0.6 is 0 Å². The fourth-order valence-electron chi connectivity index (χ4n) is 0.998. The number of carbonyl (C=O) groups excluding carboxylic acids is 2. The smallest absolute Gasteiger partial charge is 0.330 e. The first-order chi connectivity index (χ1) is 7.41. The van der Waals surface area contributed by atoms with Crippen LogP contribution in [0.25, 0.3) is 0 Å². The van der Waals surface area contributed by atoms with E-state index in [1.54, 1.807) is 20.8 Å². The summed E-state index contributed by atoms with van der Waals surface area (Å²) >= 11 is 0.